The molecule has 1 amide bonds. The predicted octanol–water partition coefficient (Wildman–Crippen LogP) is 4.17. The SMILES string of the molecule is COc1ccccc1OCC(=O)Nc1ccc(OCCOc2ccccc2)cc1. The number of nitrogens with one attached hydrogen (secondary N) is 1. The molecular formula is C23H23NO5. The molecule has 29 heavy (non-hydrogen) atoms. The molecule has 1 N–H and O–H groups in total. The lowest BCUT2D eigenvalue weighted by Crippen LogP contribution is -2.20. The van der Waals surface area contributed by atoms with Gasteiger partial charge in [0.1, 0.15) is 24.7 Å². The minimum Gasteiger partial charge on any atom is -0.493 e. The highest BCUT2D eigenvalue weighted by atomic mass is 16.5. The van der Waals surface area contributed by atoms with Gasteiger partial charge in [-0.1, -0.05) is 30.3 Å². The summed E-state index contributed by atoms with van der Waals surface area (Å²) in [6.07, 6.45) is 0. The van der Waals surface area contributed by atoms with Gasteiger partial charge in [0.05, 0.1) is 7.11 Å². The van der Waals surface area contributed by atoms with Gasteiger partial charge in [-0.25, -0.2) is 0 Å². The third kappa shape index (κ3) is 6.46. The van der Waals surface area contributed by atoms with Crippen LogP contribution in [0.3, 0.4) is 0 Å². The van der Waals surface area contributed by atoms with Crippen molar-refractivity contribution in [3.63, 3.8) is 0 Å². The van der Waals surface area contributed by atoms with Gasteiger partial charge < -0.3 is 24.3 Å². The second-order valence-electron chi connectivity index (χ2n) is 6.02. The zero-order chi connectivity index (χ0) is 20.3. The number of ether oxygens (including phenoxy) is 4. The molecule has 0 aliphatic carbocycles. The lowest BCUT2D eigenvalue weighted by Gasteiger charge is -2.11. The summed E-state index contributed by atoms with van der Waals surface area (Å²) in [6, 6.07) is 23.9. The quantitative estimate of drug-likeness (QED) is 0.524. The average molecular weight is 393 g/mol. The Hall–Kier alpha value is -3.67. The second kappa shape index (κ2) is 10.6. The minimum atomic E-state index is -0.263. The van der Waals surface area contributed by atoms with E-state index in [1.54, 1.807) is 43.5 Å². The number of para-hydroxylation sites is 3. The first-order valence-corrected chi connectivity index (χ1v) is 9.21. The molecule has 3 rings (SSSR count). The van der Waals surface area contributed by atoms with E-state index in [0.29, 0.717) is 36.1 Å². The Morgan fingerprint density at radius 1 is 0.724 bits per heavy atom. The number of benzene rings is 3. The van der Waals surface area contributed by atoms with E-state index in [4.69, 9.17) is 18.9 Å². The summed E-state index contributed by atoms with van der Waals surface area (Å²) in [5.74, 6) is 2.35. The highest BCUT2D eigenvalue weighted by Gasteiger charge is 2.07. The van der Waals surface area contributed by atoms with Gasteiger partial charge >= 0.3 is 0 Å². The smallest absolute Gasteiger partial charge is 0.262 e. The van der Waals surface area contributed by atoms with Crippen LogP contribution >= 0.6 is 0 Å². The van der Waals surface area contributed by atoms with Crippen molar-refractivity contribution in [1.29, 1.82) is 0 Å². The van der Waals surface area contributed by atoms with Gasteiger partial charge in [0.15, 0.2) is 18.1 Å². The summed E-state index contributed by atoms with van der Waals surface area (Å²) in [7, 11) is 1.56. The molecule has 0 saturated heterocycles. The Balaban J connectivity index is 1.39. The molecule has 150 valence electrons. The molecule has 0 unspecified atom stereocenters. The van der Waals surface area contributed by atoms with Gasteiger partial charge in [-0.3, -0.25) is 4.79 Å². The number of anilines is 1. The standard InChI is InChI=1S/C23H23NO5/c1-26-21-9-5-6-10-22(21)29-17-23(25)24-18-11-13-20(14-12-18)28-16-15-27-19-7-3-2-4-8-19/h2-14H,15-17H2,1H3,(H,24,25). The molecule has 0 aliphatic rings. The normalized spacial score (nSPS) is 10.1. The molecule has 0 fully saturated rings. The maximum atomic E-state index is 12.1. The van der Waals surface area contributed by atoms with Crippen molar-refractivity contribution in [2.24, 2.45) is 0 Å². The average Bonchev–Trinajstić information content (AvgIpc) is 2.77. The number of hydrogen-bond acceptors (Lipinski definition) is 5. The van der Waals surface area contributed by atoms with Crippen LogP contribution in [0, 0.1) is 0 Å². The molecule has 3 aromatic carbocycles. The summed E-state index contributed by atoms with van der Waals surface area (Å²) < 4.78 is 21.9. The van der Waals surface area contributed by atoms with Crippen LogP contribution in [0.2, 0.25) is 0 Å². The van der Waals surface area contributed by atoms with Gasteiger partial charge in [0.25, 0.3) is 5.91 Å². The van der Waals surface area contributed by atoms with E-state index in [1.165, 1.54) is 0 Å². The van der Waals surface area contributed by atoms with Gasteiger partial charge in [-0.2, -0.15) is 0 Å². The van der Waals surface area contributed by atoms with E-state index in [-0.39, 0.29) is 12.5 Å². The van der Waals surface area contributed by atoms with Gasteiger partial charge in [-0.15, -0.1) is 0 Å². The van der Waals surface area contributed by atoms with E-state index in [9.17, 15) is 4.79 Å². The Labute approximate surface area is 170 Å². The summed E-state index contributed by atoms with van der Waals surface area (Å²) in [4.78, 5) is 12.1. The largest absolute Gasteiger partial charge is 0.493 e. The maximum Gasteiger partial charge on any atom is 0.262 e. The number of amides is 1. The number of carbonyl (C=O) groups excluding carboxylic acids is 1. The van der Waals surface area contributed by atoms with Crippen molar-refractivity contribution in [1.82, 2.24) is 0 Å². The summed E-state index contributed by atoms with van der Waals surface area (Å²) >= 11 is 0. The molecule has 0 atom stereocenters. The summed E-state index contributed by atoms with van der Waals surface area (Å²) in [5.41, 5.74) is 0.659. The van der Waals surface area contributed by atoms with Crippen LogP contribution in [-0.2, 0) is 4.79 Å². The highest BCUT2D eigenvalue weighted by molar-refractivity contribution is 5.91. The van der Waals surface area contributed by atoms with Crippen LogP contribution in [0.4, 0.5) is 5.69 Å². The van der Waals surface area contributed by atoms with E-state index in [2.05, 4.69) is 5.32 Å². The van der Waals surface area contributed by atoms with E-state index >= 15 is 0 Å². The lowest BCUT2D eigenvalue weighted by molar-refractivity contribution is -0.118. The molecule has 6 nitrogen and oxygen atoms in total. The van der Waals surface area contributed by atoms with Crippen molar-refractivity contribution in [2.45, 2.75) is 0 Å². The molecule has 6 heteroatoms. The van der Waals surface area contributed by atoms with Crippen LogP contribution in [0.25, 0.3) is 0 Å². The van der Waals surface area contributed by atoms with E-state index in [0.717, 1.165) is 5.75 Å². The van der Waals surface area contributed by atoms with Crippen molar-refractivity contribution in [2.75, 3.05) is 32.2 Å². The van der Waals surface area contributed by atoms with Gasteiger partial charge in [-0.05, 0) is 48.5 Å². The van der Waals surface area contributed by atoms with Crippen molar-refractivity contribution in [3.05, 3.63) is 78.9 Å². The topological polar surface area (TPSA) is 66.0 Å². The number of rotatable bonds is 10. The van der Waals surface area contributed by atoms with E-state index in [1.807, 2.05) is 42.5 Å². The van der Waals surface area contributed by atoms with Crippen LogP contribution in [0.5, 0.6) is 23.0 Å². The molecule has 0 saturated carbocycles. The fourth-order valence-electron chi connectivity index (χ4n) is 2.55. The van der Waals surface area contributed by atoms with Crippen molar-refractivity contribution >= 4 is 11.6 Å². The fraction of sp³-hybridized carbons (Fsp3) is 0.174. The zero-order valence-corrected chi connectivity index (χ0v) is 16.2. The summed E-state index contributed by atoms with van der Waals surface area (Å²) in [6.45, 7) is 0.756. The maximum absolute atomic E-state index is 12.1. The van der Waals surface area contributed by atoms with Crippen molar-refractivity contribution in [3.8, 4) is 23.0 Å². The third-order valence-electron chi connectivity index (χ3n) is 3.93. The predicted molar refractivity (Wildman–Crippen MR) is 111 cm³/mol. The number of hydrogen-bond donors (Lipinski definition) is 1. The van der Waals surface area contributed by atoms with Crippen LogP contribution in [-0.4, -0.2) is 32.8 Å². The molecule has 0 aromatic heterocycles. The first-order valence-electron chi connectivity index (χ1n) is 9.21. The molecule has 3 aromatic rings. The Kier molecular flexibility index (Phi) is 7.34. The van der Waals surface area contributed by atoms with Crippen LogP contribution in [0.15, 0.2) is 78.9 Å². The first kappa shape index (κ1) is 20.1. The molecule has 0 aliphatic heterocycles. The molecule has 0 spiro atoms. The monoisotopic (exact) mass is 393 g/mol. The van der Waals surface area contributed by atoms with Gasteiger partial charge in [0.2, 0.25) is 0 Å². The van der Waals surface area contributed by atoms with Crippen LogP contribution < -0.4 is 24.3 Å². The molecular weight excluding hydrogens is 370 g/mol. The Morgan fingerprint density at radius 3 is 1.97 bits per heavy atom. The molecule has 0 radical (unpaired) electrons. The van der Waals surface area contributed by atoms with E-state index < -0.39 is 0 Å². The fourth-order valence-corrected chi connectivity index (χ4v) is 2.55. The van der Waals surface area contributed by atoms with Crippen molar-refractivity contribution < 1.29 is 23.7 Å². The minimum absolute atomic E-state index is 0.116. The number of methoxy groups -OCH3 is 1. The van der Waals surface area contributed by atoms with Gasteiger partial charge in [0, 0.05) is 5.69 Å². The molecule has 0 bridgehead atoms. The number of carbonyl (C=O) groups is 1. The van der Waals surface area contributed by atoms with Crippen LogP contribution in [0.1, 0.15) is 0 Å². The Bertz CT molecular complexity index is 897. The Morgan fingerprint density at radius 2 is 1.31 bits per heavy atom. The molecule has 0 heterocycles. The first-order chi connectivity index (χ1) is 14.2. The second-order valence-corrected chi connectivity index (χ2v) is 6.02. The lowest BCUT2D eigenvalue weighted by atomic mass is 10.3. The highest BCUT2D eigenvalue weighted by Crippen LogP contribution is 2.25. The zero-order valence-electron chi connectivity index (χ0n) is 16.2. The summed E-state index contributed by atoms with van der Waals surface area (Å²) in [5, 5.41) is 2.78. The third-order valence-corrected chi connectivity index (χ3v) is 3.93.